The Kier molecular flexibility index (Phi) is 2.48. The Morgan fingerprint density at radius 1 is 1.11 bits per heavy atom. The van der Waals surface area contributed by atoms with Gasteiger partial charge in [-0.1, -0.05) is 18.2 Å². The highest BCUT2D eigenvalue weighted by atomic mass is 15.0. The van der Waals surface area contributed by atoms with E-state index in [-0.39, 0.29) is 0 Å². The van der Waals surface area contributed by atoms with E-state index in [2.05, 4.69) is 15.0 Å². The number of hydrogen-bond acceptors (Lipinski definition) is 3. The molecule has 0 saturated carbocycles. The first-order valence-corrected chi connectivity index (χ1v) is 5.88. The number of aromatic nitrogens is 3. The summed E-state index contributed by atoms with van der Waals surface area (Å²) < 4.78 is 0. The molecule has 0 unspecified atom stereocenters. The van der Waals surface area contributed by atoms with Crippen LogP contribution in [0.3, 0.4) is 0 Å². The third-order valence-corrected chi connectivity index (χ3v) is 2.95. The van der Waals surface area contributed by atoms with Crippen LogP contribution in [0.5, 0.6) is 0 Å². The van der Waals surface area contributed by atoms with Crippen molar-refractivity contribution < 1.29 is 0 Å². The molecule has 0 saturated heterocycles. The van der Waals surface area contributed by atoms with E-state index in [9.17, 15) is 0 Å². The van der Waals surface area contributed by atoms with Gasteiger partial charge in [0.25, 0.3) is 0 Å². The normalized spacial score (nSPS) is 10.9. The van der Waals surface area contributed by atoms with Crippen LogP contribution >= 0.6 is 0 Å². The maximum Gasteiger partial charge on any atom is 0.177 e. The molecule has 90 valence electrons. The number of pyridine rings is 1. The molecule has 0 aliphatic heterocycles. The van der Waals surface area contributed by atoms with Crippen molar-refractivity contribution in [2.45, 2.75) is 13.3 Å². The lowest BCUT2D eigenvalue weighted by Gasteiger charge is -2.01. The third-order valence-electron chi connectivity index (χ3n) is 2.95. The van der Waals surface area contributed by atoms with E-state index in [1.165, 1.54) is 0 Å². The molecule has 3 aromatic rings. The van der Waals surface area contributed by atoms with E-state index in [0.29, 0.717) is 6.42 Å². The van der Waals surface area contributed by atoms with Gasteiger partial charge in [0.2, 0.25) is 0 Å². The molecule has 3 N–H and O–H groups in total. The molecule has 2 heterocycles. The highest BCUT2D eigenvalue weighted by Gasteiger charge is 2.06. The summed E-state index contributed by atoms with van der Waals surface area (Å²) in [5, 5.41) is 0. The van der Waals surface area contributed by atoms with Crippen LogP contribution in [-0.4, -0.2) is 15.0 Å². The number of fused-ring (bicyclic) bond motifs is 1. The summed E-state index contributed by atoms with van der Waals surface area (Å²) in [4.78, 5) is 12.1. The average molecular weight is 238 g/mol. The van der Waals surface area contributed by atoms with Gasteiger partial charge in [0, 0.05) is 17.8 Å². The lowest BCUT2D eigenvalue weighted by atomic mass is 10.1. The van der Waals surface area contributed by atoms with E-state index in [0.717, 1.165) is 33.9 Å². The van der Waals surface area contributed by atoms with Gasteiger partial charge in [0.05, 0.1) is 5.52 Å². The predicted molar refractivity (Wildman–Crippen MR) is 72.3 cm³/mol. The van der Waals surface area contributed by atoms with E-state index in [1.54, 1.807) is 0 Å². The Bertz CT molecular complexity index is 700. The first-order chi connectivity index (χ1) is 8.72. The molecular formula is C14H14N4. The lowest BCUT2D eigenvalue weighted by molar-refractivity contribution is 1.04. The number of nitrogens with two attached hydrogens (primary N) is 1. The van der Waals surface area contributed by atoms with Gasteiger partial charge in [-0.25, -0.2) is 9.97 Å². The van der Waals surface area contributed by atoms with Gasteiger partial charge in [-0.15, -0.1) is 0 Å². The highest BCUT2D eigenvalue weighted by molar-refractivity contribution is 5.70. The molecule has 2 aromatic heterocycles. The van der Waals surface area contributed by atoms with Crippen LogP contribution in [0.2, 0.25) is 0 Å². The number of rotatable bonds is 2. The van der Waals surface area contributed by atoms with Crippen molar-refractivity contribution in [1.29, 1.82) is 0 Å². The number of anilines is 1. The van der Waals surface area contributed by atoms with Crippen molar-refractivity contribution in [2.24, 2.45) is 0 Å². The zero-order valence-corrected chi connectivity index (χ0v) is 10.1. The number of aromatic amines is 1. The lowest BCUT2D eigenvalue weighted by Crippen LogP contribution is -1.96. The monoisotopic (exact) mass is 238 g/mol. The minimum atomic E-state index is 0.697. The van der Waals surface area contributed by atoms with E-state index in [1.807, 2.05) is 43.3 Å². The van der Waals surface area contributed by atoms with E-state index < -0.39 is 0 Å². The smallest absolute Gasteiger partial charge is 0.177 e. The average Bonchev–Trinajstić information content (AvgIpc) is 2.73. The highest BCUT2D eigenvalue weighted by Crippen LogP contribution is 2.16. The van der Waals surface area contributed by atoms with Crippen LogP contribution in [0.1, 0.15) is 17.1 Å². The molecule has 0 aliphatic rings. The van der Waals surface area contributed by atoms with Gasteiger partial charge < -0.3 is 10.7 Å². The number of imidazole rings is 1. The molecule has 4 heteroatoms. The fraction of sp³-hybridized carbons (Fsp3) is 0.143. The van der Waals surface area contributed by atoms with Gasteiger partial charge >= 0.3 is 0 Å². The standard InChI is InChI=1S/C14H14N4/c1-9-6-7-12-14(16-9)18-13(17-12)8-10-4-2-3-5-11(10)15/h2-7H,8,15H2,1H3,(H,16,17,18). The number of nitrogens with zero attached hydrogens (tertiary/aromatic N) is 2. The Labute approximate surface area is 105 Å². The molecule has 0 spiro atoms. The van der Waals surface area contributed by atoms with Gasteiger partial charge in [-0.2, -0.15) is 0 Å². The van der Waals surface area contributed by atoms with Crippen molar-refractivity contribution in [2.75, 3.05) is 5.73 Å². The van der Waals surface area contributed by atoms with Crippen LogP contribution in [-0.2, 0) is 6.42 Å². The fourth-order valence-electron chi connectivity index (χ4n) is 2.00. The van der Waals surface area contributed by atoms with Crippen molar-refractivity contribution in [3.8, 4) is 0 Å². The molecule has 0 fully saturated rings. The SMILES string of the molecule is Cc1ccc2[nH]c(Cc3ccccc3N)nc2n1. The molecule has 18 heavy (non-hydrogen) atoms. The van der Waals surface area contributed by atoms with Gasteiger partial charge in [0.1, 0.15) is 5.82 Å². The first kappa shape index (κ1) is 10.8. The molecule has 0 amide bonds. The number of para-hydroxylation sites is 1. The van der Waals surface area contributed by atoms with Crippen molar-refractivity contribution in [1.82, 2.24) is 15.0 Å². The molecule has 0 bridgehead atoms. The Hall–Kier alpha value is -2.36. The zero-order chi connectivity index (χ0) is 12.5. The largest absolute Gasteiger partial charge is 0.398 e. The van der Waals surface area contributed by atoms with Crippen LogP contribution in [0.4, 0.5) is 5.69 Å². The van der Waals surface area contributed by atoms with E-state index in [4.69, 9.17) is 5.73 Å². The minimum Gasteiger partial charge on any atom is -0.398 e. The summed E-state index contributed by atoms with van der Waals surface area (Å²) in [7, 11) is 0. The summed E-state index contributed by atoms with van der Waals surface area (Å²) in [5.41, 5.74) is 10.5. The second-order valence-corrected chi connectivity index (χ2v) is 4.38. The van der Waals surface area contributed by atoms with Crippen LogP contribution < -0.4 is 5.73 Å². The Morgan fingerprint density at radius 2 is 1.94 bits per heavy atom. The molecule has 4 nitrogen and oxygen atoms in total. The number of benzene rings is 1. The summed E-state index contributed by atoms with van der Waals surface area (Å²) >= 11 is 0. The summed E-state index contributed by atoms with van der Waals surface area (Å²) in [6, 6.07) is 11.8. The van der Waals surface area contributed by atoms with Crippen LogP contribution in [0, 0.1) is 6.92 Å². The van der Waals surface area contributed by atoms with Gasteiger partial charge in [0.15, 0.2) is 5.65 Å². The topological polar surface area (TPSA) is 67.6 Å². The molecular weight excluding hydrogens is 224 g/mol. The first-order valence-electron chi connectivity index (χ1n) is 5.88. The summed E-state index contributed by atoms with van der Waals surface area (Å²) in [6.45, 7) is 1.96. The zero-order valence-electron chi connectivity index (χ0n) is 10.1. The number of H-pyrrole nitrogens is 1. The van der Waals surface area contributed by atoms with Gasteiger partial charge in [-0.05, 0) is 30.7 Å². The summed E-state index contributed by atoms with van der Waals surface area (Å²) in [6.07, 6.45) is 0.697. The maximum absolute atomic E-state index is 5.93. The molecule has 3 rings (SSSR count). The van der Waals surface area contributed by atoms with Crippen LogP contribution in [0.15, 0.2) is 36.4 Å². The number of aryl methyl sites for hydroxylation is 1. The van der Waals surface area contributed by atoms with Crippen molar-refractivity contribution in [3.63, 3.8) is 0 Å². The van der Waals surface area contributed by atoms with E-state index >= 15 is 0 Å². The molecule has 1 aromatic carbocycles. The quantitative estimate of drug-likeness (QED) is 0.674. The molecule has 0 aliphatic carbocycles. The maximum atomic E-state index is 5.93. The second-order valence-electron chi connectivity index (χ2n) is 4.38. The third kappa shape index (κ3) is 1.93. The fourth-order valence-corrected chi connectivity index (χ4v) is 2.00. The van der Waals surface area contributed by atoms with Gasteiger partial charge in [-0.3, -0.25) is 0 Å². The Balaban J connectivity index is 1.98. The Morgan fingerprint density at radius 3 is 2.78 bits per heavy atom. The van der Waals surface area contributed by atoms with Crippen molar-refractivity contribution in [3.05, 3.63) is 53.5 Å². The molecule has 0 atom stereocenters. The number of hydrogen-bond donors (Lipinski definition) is 2. The predicted octanol–water partition coefficient (Wildman–Crippen LogP) is 2.44. The number of nitrogen functional groups attached to an aromatic ring is 1. The summed E-state index contributed by atoms with van der Waals surface area (Å²) in [5.74, 6) is 0.890. The van der Waals surface area contributed by atoms with Crippen molar-refractivity contribution >= 4 is 16.9 Å². The van der Waals surface area contributed by atoms with Crippen LogP contribution in [0.25, 0.3) is 11.2 Å². The second kappa shape index (κ2) is 4.14. The minimum absolute atomic E-state index is 0.697. The number of nitrogens with one attached hydrogen (secondary N) is 1. The molecule has 0 radical (unpaired) electrons.